The van der Waals surface area contributed by atoms with Crippen LogP contribution in [0.25, 0.3) is 10.8 Å². The molecule has 0 bridgehead atoms. The van der Waals surface area contributed by atoms with Crippen LogP contribution in [-0.2, 0) is 9.53 Å². The predicted octanol–water partition coefficient (Wildman–Crippen LogP) is 1.58. The number of hydrogen-bond donors (Lipinski definition) is 1. The summed E-state index contributed by atoms with van der Waals surface area (Å²) in [4.78, 5) is 38.1. The lowest BCUT2D eigenvalue weighted by molar-refractivity contribution is -0.137. The number of aromatic nitrogens is 2. The minimum atomic E-state index is -0.723. The van der Waals surface area contributed by atoms with E-state index in [9.17, 15) is 14.4 Å². The minimum Gasteiger partial charge on any atom is -0.451 e. The quantitative estimate of drug-likeness (QED) is 0.854. The number of fused-ring (bicyclic) bond motifs is 1. The van der Waals surface area contributed by atoms with Gasteiger partial charge in [0.2, 0.25) is 0 Å². The summed E-state index contributed by atoms with van der Waals surface area (Å²) in [6.07, 6.45) is 1.09. The Hall–Kier alpha value is -2.70. The van der Waals surface area contributed by atoms with Crippen LogP contribution in [0.4, 0.5) is 0 Å². The molecule has 1 aromatic carbocycles. The van der Waals surface area contributed by atoms with E-state index < -0.39 is 5.97 Å². The van der Waals surface area contributed by atoms with Gasteiger partial charge in [-0.15, -0.1) is 0 Å². The first-order valence-corrected chi connectivity index (χ1v) is 8.38. The van der Waals surface area contributed by atoms with Gasteiger partial charge < -0.3 is 9.64 Å². The summed E-state index contributed by atoms with van der Waals surface area (Å²) in [6, 6.07) is 6.65. The van der Waals surface area contributed by atoms with Crippen molar-refractivity contribution in [2.24, 2.45) is 11.8 Å². The van der Waals surface area contributed by atoms with Gasteiger partial charge >= 0.3 is 5.97 Å². The number of hydrogen-bond acceptors (Lipinski definition) is 5. The van der Waals surface area contributed by atoms with Gasteiger partial charge in [-0.05, 0) is 24.3 Å². The molecule has 1 fully saturated rings. The number of esters is 1. The van der Waals surface area contributed by atoms with Gasteiger partial charge in [0.05, 0.1) is 5.39 Å². The molecule has 1 N–H and O–H groups in total. The molecule has 2 unspecified atom stereocenters. The first-order chi connectivity index (χ1) is 12.0. The van der Waals surface area contributed by atoms with Gasteiger partial charge in [-0.2, -0.15) is 5.10 Å². The number of nitrogens with zero attached hydrogens (tertiary/aromatic N) is 2. The van der Waals surface area contributed by atoms with Crippen LogP contribution in [-0.4, -0.2) is 46.7 Å². The summed E-state index contributed by atoms with van der Waals surface area (Å²) in [7, 11) is 0. The molecular formula is C18H21N3O4. The molecule has 0 radical (unpaired) electrons. The Bertz CT molecular complexity index is 851. The number of H-pyrrole nitrogens is 1. The van der Waals surface area contributed by atoms with Crippen LogP contribution in [0.15, 0.2) is 29.1 Å². The number of amides is 1. The van der Waals surface area contributed by atoms with E-state index in [-0.39, 0.29) is 23.8 Å². The molecule has 25 heavy (non-hydrogen) atoms. The van der Waals surface area contributed by atoms with Crippen LogP contribution in [0.3, 0.4) is 0 Å². The van der Waals surface area contributed by atoms with Gasteiger partial charge in [-0.1, -0.05) is 32.0 Å². The largest absolute Gasteiger partial charge is 0.451 e. The Kier molecular flexibility index (Phi) is 4.83. The number of carbonyl (C=O) groups excluding carboxylic acids is 2. The fourth-order valence-electron chi connectivity index (χ4n) is 3.42. The Balaban J connectivity index is 1.70. The number of ether oxygens (including phenoxy) is 1. The van der Waals surface area contributed by atoms with Crippen molar-refractivity contribution >= 4 is 22.6 Å². The Morgan fingerprint density at radius 2 is 1.84 bits per heavy atom. The lowest BCUT2D eigenvalue weighted by Crippen LogP contribution is -2.44. The van der Waals surface area contributed by atoms with Crippen LogP contribution in [0.5, 0.6) is 0 Å². The summed E-state index contributed by atoms with van der Waals surface area (Å²) in [5.41, 5.74) is -0.372. The molecule has 1 aromatic heterocycles. The monoisotopic (exact) mass is 343 g/mol. The molecular weight excluding hydrogens is 322 g/mol. The fourth-order valence-corrected chi connectivity index (χ4v) is 3.42. The molecule has 0 spiro atoms. The molecule has 7 nitrogen and oxygen atoms in total. The zero-order chi connectivity index (χ0) is 18.0. The minimum absolute atomic E-state index is 0.00313. The van der Waals surface area contributed by atoms with Gasteiger partial charge in [0.15, 0.2) is 12.3 Å². The maximum absolute atomic E-state index is 12.3. The zero-order valence-electron chi connectivity index (χ0n) is 14.3. The third-order valence-corrected chi connectivity index (χ3v) is 4.44. The van der Waals surface area contributed by atoms with Gasteiger partial charge in [-0.3, -0.25) is 9.59 Å². The van der Waals surface area contributed by atoms with Crippen molar-refractivity contribution in [3.05, 3.63) is 40.3 Å². The maximum atomic E-state index is 12.3. The maximum Gasteiger partial charge on any atom is 0.359 e. The summed E-state index contributed by atoms with van der Waals surface area (Å²) >= 11 is 0. The number of nitrogens with one attached hydrogen (secondary N) is 1. The van der Waals surface area contributed by atoms with Crippen molar-refractivity contribution in [2.45, 2.75) is 20.3 Å². The average molecular weight is 343 g/mol. The van der Waals surface area contributed by atoms with Crippen LogP contribution in [0.1, 0.15) is 30.8 Å². The van der Waals surface area contributed by atoms with E-state index in [2.05, 4.69) is 24.0 Å². The van der Waals surface area contributed by atoms with Crippen molar-refractivity contribution in [1.82, 2.24) is 15.1 Å². The highest BCUT2D eigenvalue weighted by atomic mass is 16.5. The average Bonchev–Trinajstić information content (AvgIpc) is 2.59. The number of piperidine rings is 1. The second-order valence-electron chi connectivity index (χ2n) is 6.77. The first-order valence-electron chi connectivity index (χ1n) is 8.38. The lowest BCUT2D eigenvalue weighted by Gasteiger charge is -2.34. The van der Waals surface area contributed by atoms with Crippen molar-refractivity contribution in [2.75, 3.05) is 19.7 Å². The van der Waals surface area contributed by atoms with Crippen LogP contribution in [0.2, 0.25) is 0 Å². The summed E-state index contributed by atoms with van der Waals surface area (Å²) in [5.74, 6) is -0.0548. The van der Waals surface area contributed by atoms with E-state index in [1.807, 2.05) is 0 Å². The van der Waals surface area contributed by atoms with E-state index in [0.717, 1.165) is 6.42 Å². The third kappa shape index (κ3) is 3.70. The molecule has 1 aliphatic heterocycles. The van der Waals surface area contributed by atoms with Gasteiger partial charge in [0.25, 0.3) is 11.5 Å². The van der Waals surface area contributed by atoms with Gasteiger partial charge in [-0.25, -0.2) is 9.89 Å². The highest BCUT2D eigenvalue weighted by Gasteiger charge is 2.26. The fraction of sp³-hybridized carbons (Fsp3) is 0.444. The number of likely N-dealkylation sites (tertiary alicyclic amines) is 1. The molecule has 132 valence electrons. The number of benzene rings is 1. The molecule has 2 heterocycles. The van der Waals surface area contributed by atoms with E-state index >= 15 is 0 Å². The number of aromatic amines is 1. The molecule has 7 heteroatoms. The van der Waals surface area contributed by atoms with Crippen molar-refractivity contribution < 1.29 is 14.3 Å². The van der Waals surface area contributed by atoms with Crippen LogP contribution < -0.4 is 5.56 Å². The second kappa shape index (κ2) is 7.04. The van der Waals surface area contributed by atoms with E-state index in [1.54, 1.807) is 29.2 Å². The second-order valence-corrected chi connectivity index (χ2v) is 6.77. The number of rotatable bonds is 3. The Labute approximate surface area is 145 Å². The Morgan fingerprint density at radius 3 is 2.52 bits per heavy atom. The topological polar surface area (TPSA) is 92.4 Å². The zero-order valence-corrected chi connectivity index (χ0v) is 14.3. The highest BCUT2D eigenvalue weighted by Crippen LogP contribution is 2.21. The van der Waals surface area contributed by atoms with Crippen molar-refractivity contribution in [1.29, 1.82) is 0 Å². The molecule has 1 amide bonds. The predicted molar refractivity (Wildman–Crippen MR) is 92.2 cm³/mol. The van der Waals surface area contributed by atoms with Crippen LogP contribution in [0, 0.1) is 11.8 Å². The molecule has 1 aliphatic rings. The molecule has 2 atom stereocenters. The highest BCUT2D eigenvalue weighted by molar-refractivity contribution is 6.02. The summed E-state index contributed by atoms with van der Waals surface area (Å²) in [6.45, 7) is 5.26. The van der Waals surface area contributed by atoms with E-state index in [4.69, 9.17) is 4.74 Å². The van der Waals surface area contributed by atoms with E-state index in [0.29, 0.717) is 35.7 Å². The van der Waals surface area contributed by atoms with Crippen molar-refractivity contribution in [3.63, 3.8) is 0 Å². The molecule has 2 aromatic rings. The first kappa shape index (κ1) is 17.1. The summed E-state index contributed by atoms with van der Waals surface area (Å²) in [5, 5.41) is 6.83. The normalized spacial score (nSPS) is 20.5. The Morgan fingerprint density at radius 1 is 1.20 bits per heavy atom. The third-order valence-electron chi connectivity index (χ3n) is 4.44. The lowest BCUT2D eigenvalue weighted by atomic mass is 9.92. The van der Waals surface area contributed by atoms with Gasteiger partial charge in [0, 0.05) is 18.5 Å². The molecule has 3 rings (SSSR count). The van der Waals surface area contributed by atoms with Crippen LogP contribution >= 0.6 is 0 Å². The molecule has 0 aliphatic carbocycles. The SMILES string of the molecule is CC1CC(C)CN(C(=O)COC(=O)c2n[nH]c(=O)c3ccccc23)C1. The van der Waals surface area contributed by atoms with Crippen molar-refractivity contribution in [3.8, 4) is 0 Å². The van der Waals surface area contributed by atoms with E-state index in [1.165, 1.54) is 0 Å². The summed E-state index contributed by atoms with van der Waals surface area (Å²) < 4.78 is 5.15. The van der Waals surface area contributed by atoms with Gasteiger partial charge in [0.1, 0.15) is 0 Å². The molecule has 1 saturated heterocycles. The molecule has 0 saturated carbocycles. The number of carbonyl (C=O) groups is 2. The smallest absolute Gasteiger partial charge is 0.359 e. The standard InChI is InChI=1S/C18H21N3O4/c1-11-7-12(2)9-21(8-11)15(22)10-25-18(24)16-13-5-3-4-6-14(13)17(23)20-19-16/h3-6,11-12H,7-10H2,1-2H3,(H,20,23).